The standard InChI is InChI=1S/C13H20N4O2/c1-9-12(17(18)19)7-8-13(15-9)16(2)11-5-3-10(14)4-6-11/h7-8,10-11H,3-6,14H2,1-2H3. The molecule has 0 atom stereocenters. The van der Waals surface area contributed by atoms with Gasteiger partial charge in [0.25, 0.3) is 5.69 Å². The molecule has 0 bridgehead atoms. The van der Waals surface area contributed by atoms with E-state index in [0.29, 0.717) is 17.8 Å². The summed E-state index contributed by atoms with van der Waals surface area (Å²) < 4.78 is 0. The summed E-state index contributed by atoms with van der Waals surface area (Å²) in [6.45, 7) is 1.67. The summed E-state index contributed by atoms with van der Waals surface area (Å²) in [5.41, 5.74) is 6.44. The zero-order valence-electron chi connectivity index (χ0n) is 11.4. The maximum absolute atomic E-state index is 10.8. The minimum atomic E-state index is -0.397. The van der Waals surface area contributed by atoms with Crippen molar-refractivity contribution in [2.75, 3.05) is 11.9 Å². The SMILES string of the molecule is Cc1nc(N(C)C2CCC(N)CC2)ccc1[N+](=O)[O-]. The van der Waals surface area contributed by atoms with Crippen LogP contribution >= 0.6 is 0 Å². The number of anilines is 1. The van der Waals surface area contributed by atoms with Gasteiger partial charge in [-0.05, 0) is 38.7 Å². The van der Waals surface area contributed by atoms with Crippen molar-refractivity contribution in [2.24, 2.45) is 5.73 Å². The first-order valence-corrected chi connectivity index (χ1v) is 6.59. The van der Waals surface area contributed by atoms with Crippen LogP contribution in [0.5, 0.6) is 0 Å². The molecule has 0 aliphatic heterocycles. The van der Waals surface area contributed by atoms with Crippen molar-refractivity contribution in [3.63, 3.8) is 0 Å². The summed E-state index contributed by atoms with van der Waals surface area (Å²) in [6, 6.07) is 3.99. The minimum Gasteiger partial charge on any atom is -0.357 e. The quantitative estimate of drug-likeness (QED) is 0.666. The van der Waals surface area contributed by atoms with Crippen LogP contribution in [0.3, 0.4) is 0 Å². The number of aromatic nitrogens is 1. The number of rotatable bonds is 3. The second-order valence-electron chi connectivity index (χ2n) is 5.21. The number of pyridine rings is 1. The molecule has 0 radical (unpaired) electrons. The van der Waals surface area contributed by atoms with Crippen LogP contribution in [-0.2, 0) is 0 Å². The fourth-order valence-electron chi connectivity index (χ4n) is 2.61. The Morgan fingerprint density at radius 2 is 2.00 bits per heavy atom. The molecule has 2 rings (SSSR count). The number of aryl methyl sites for hydroxylation is 1. The average molecular weight is 264 g/mol. The molecule has 0 spiro atoms. The molecule has 19 heavy (non-hydrogen) atoms. The molecule has 0 aromatic carbocycles. The highest BCUT2D eigenvalue weighted by Gasteiger charge is 2.23. The Morgan fingerprint density at radius 3 is 2.53 bits per heavy atom. The highest BCUT2D eigenvalue weighted by Crippen LogP contribution is 2.26. The van der Waals surface area contributed by atoms with Crippen molar-refractivity contribution in [3.8, 4) is 0 Å². The molecule has 0 unspecified atom stereocenters. The number of nitrogens with zero attached hydrogens (tertiary/aromatic N) is 3. The van der Waals surface area contributed by atoms with E-state index in [4.69, 9.17) is 5.73 Å². The third kappa shape index (κ3) is 3.01. The largest absolute Gasteiger partial charge is 0.357 e. The zero-order valence-corrected chi connectivity index (χ0v) is 11.4. The minimum absolute atomic E-state index is 0.0721. The van der Waals surface area contributed by atoms with Crippen molar-refractivity contribution < 1.29 is 4.92 Å². The summed E-state index contributed by atoms with van der Waals surface area (Å²) >= 11 is 0. The van der Waals surface area contributed by atoms with Gasteiger partial charge in [0, 0.05) is 25.2 Å². The molecule has 6 nitrogen and oxygen atoms in total. The predicted molar refractivity (Wildman–Crippen MR) is 74.3 cm³/mol. The lowest BCUT2D eigenvalue weighted by Crippen LogP contribution is -2.39. The number of nitrogens with two attached hydrogens (primary N) is 1. The Morgan fingerprint density at radius 1 is 1.37 bits per heavy atom. The van der Waals surface area contributed by atoms with Gasteiger partial charge < -0.3 is 10.6 Å². The van der Waals surface area contributed by atoms with Crippen LogP contribution in [0.1, 0.15) is 31.4 Å². The van der Waals surface area contributed by atoms with Crippen LogP contribution in [0.25, 0.3) is 0 Å². The van der Waals surface area contributed by atoms with Crippen LogP contribution in [-0.4, -0.2) is 29.0 Å². The van der Waals surface area contributed by atoms with Crippen molar-refractivity contribution in [1.29, 1.82) is 0 Å². The Labute approximate surface area is 112 Å². The Kier molecular flexibility index (Phi) is 3.99. The molecule has 2 N–H and O–H groups in total. The van der Waals surface area contributed by atoms with Gasteiger partial charge in [0.1, 0.15) is 11.5 Å². The van der Waals surface area contributed by atoms with Crippen molar-refractivity contribution in [2.45, 2.75) is 44.7 Å². The normalized spacial score (nSPS) is 23.1. The molecule has 6 heteroatoms. The maximum Gasteiger partial charge on any atom is 0.290 e. The smallest absolute Gasteiger partial charge is 0.290 e. The van der Waals surface area contributed by atoms with E-state index in [-0.39, 0.29) is 5.69 Å². The molecular formula is C13H20N4O2. The van der Waals surface area contributed by atoms with E-state index in [2.05, 4.69) is 9.88 Å². The first kappa shape index (κ1) is 13.7. The van der Waals surface area contributed by atoms with E-state index in [1.54, 1.807) is 13.0 Å². The fourth-order valence-corrected chi connectivity index (χ4v) is 2.61. The summed E-state index contributed by atoms with van der Waals surface area (Å²) in [5, 5.41) is 10.8. The van der Waals surface area contributed by atoms with Crippen molar-refractivity contribution in [1.82, 2.24) is 4.98 Å². The lowest BCUT2D eigenvalue weighted by molar-refractivity contribution is -0.385. The summed E-state index contributed by atoms with van der Waals surface area (Å²) in [6.07, 6.45) is 4.16. The van der Waals surface area contributed by atoms with Crippen molar-refractivity contribution >= 4 is 11.5 Å². The van der Waals surface area contributed by atoms with E-state index in [0.717, 1.165) is 31.5 Å². The van der Waals surface area contributed by atoms with E-state index >= 15 is 0 Å². The lowest BCUT2D eigenvalue weighted by Gasteiger charge is -2.34. The Bertz CT molecular complexity index is 470. The van der Waals surface area contributed by atoms with Crippen LogP contribution in [0.2, 0.25) is 0 Å². The average Bonchev–Trinajstić information content (AvgIpc) is 2.38. The molecule has 104 valence electrons. The van der Waals surface area contributed by atoms with Gasteiger partial charge in [0.15, 0.2) is 0 Å². The molecule has 1 saturated carbocycles. The third-order valence-corrected chi connectivity index (χ3v) is 3.89. The molecule has 1 aliphatic rings. The van der Waals surface area contributed by atoms with Gasteiger partial charge in [-0.1, -0.05) is 0 Å². The van der Waals surface area contributed by atoms with Gasteiger partial charge in [0.2, 0.25) is 0 Å². The van der Waals surface area contributed by atoms with E-state index < -0.39 is 4.92 Å². The van der Waals surface area contributed by atoms with Gasteiger partial charge in [-0.2, -0.15) is 0 Å². The highest BCUT2D eigenvalue weighted by atomic mass is 16.6. The third-order valence-electron chi connectivity index (χ3n) is 3.89. The molecule has 1 fully saturated rings. The van der Waals surface area contributed by atoms with Crippen molar-refractivity contribution in [3.05, 3.63) is 27.9 Å². The molecule has 0 saturated heterocycles. The molecule has 1 heterocycles. The van der Waals surface area contributed by atoms with E-state index in [9.17, 15) is 10.1 Å². The predicted octanol–water partition coefficient (Wildman–Crippen LogP) is 2.00. The van der Waals surface area contributed by atoms with Gasteiger partial charge >= 0.3 is 0 Å². The van der Waals surface area contributed by atoms with Crippen LogP contribution in [0.4, 0.5) is 11.5 Å². The number of hydrogen-bond donors (Lipinski definition) is 1. The van der Waals surface area contributed by atoms with E-state index in [1.807, 2.05) is 7.05 Å². The Hall–Kier alpha value is -1.69. The first-order valence-electron chi connectivity index (χ1n) is 6.59. The molecule has 1 aromatic rings. The van der Waals surface area contributed by atoms with Crippen LogP contribution < -0.4 is 10.6 Å². The first-order chi connectivity index (χ1) is 8.99. The van der Waals surface area contributed by atoms with E-state index in [1.165, 1.54) is 6.07 Å². The summed E-state index contributed by atoms with van der Waals surface area (Å²) in [5.74, 6) is 0.795. The summed E-state index contributed by atoms with van der Waals surface area (Å²) in [7, 11) is 2.00. The lowest BCUT2D eigenvalue weighted by atomic mass is 9.91. The molecule has 1 aromatic heterocycles. The second kappa shape index (κ2) is 5.52. The van der Waals surface area contributed by atoms with Gasteiger partial charge in [-0.3, -0.25) is 10.1 Å². The van der Waals surface area contributed by atoms with Crippen LogP contribution in [0, 0.1) is 17.0 Å². The summed E-state index contributed by atoms with van der Waals surface area (Å²) in [4.78, 5) is 16.8. The van der Waals surface area contributed by atoms with Crippen LogP contribution in [0.15, 0.2) is 12.1 Å². The van der Waals surface area contributed by atoms with Gasteiger partial charge in [0.05, 0.1) is 4.92 Å². The van der Waals surface area contributed by atoms with Gasteiger partial charge in [-0.15, -0.1) is 0 Å². The molecular weight excluding hydrogens is 244 g/mol. The zero-order chi connectivity index (χ0) is 14.0. The van der Waals surface area contributed by atoms with Gasteiger partial charge in [-0.25, -0.2) is 4.98 Å². The Balaban J connectivity index is 2.13. The molecule has 1 aliphatic carbocycles. The molecule has 0 amide bonds. The fraction of sp³-hybridized carbons (Fsp3) is 0.615. The second-order valence-corrected chi connectivity index (χ2v) is 5.21. The topological polar surface area (TPSA) is 85.3 Å². The number of hydrogen-bond acceptors (Lipinski definition) is 5. The number of nitro groups is 1. The highest BCUT2D eigenvalue weighted by molar-refractivity contribution is 5.47. The maximum atomic E-state index is 10.8. The monoisotopic (exact) mass is 264 g/mol.